The van der Waals surface area contributed by atoms with Crippen molar-refractivity contribution < 1.29 is 9.69 Å². The predicted molar refractivity (Wildman–Crippen MR) is 63.1 cm³/mol. The molecule has 4 heteroatoms. The van der Waals surface area contributed by atoms with Crippen LogP contribution in [0.15, 0.2) is 12.7 Å². The van der Waals surface area contributed by atoms with Gasteiger partial charge in [-0.05, 0) is 18.9 Å². The van der Waals surface area contributed by atoms with Crippen LogP contribution in [0.3, 0.4) is 0 Å². The first kappa shape index (κ1) is 12.4. The number of carbonyl (C=O) groups excluding carboxylic acids is 1. The van der Waals surface area contributed by atoms with Crippen molar-refractivity contribution in [2.24, 2.45) is 0 Å². The van der Waals surface area contributed by atoms with Gasteiger partial charge in [-0.2, -0.15) is 0 Å². The zero-order chi connectivity index (χ0) is 11.3. The van der Waals surface area contributed by atoms with E-state index in [2.05, 4.69) is 18.8 Å². The van der Waals surface area contributed by atoms with Crippen molar-refractivity contribution in [2.75, 3.05) is 6.54 Å². The Kier molecular flexibility index (Phi) is 5.00. The third-order valence-corrected chi connectivity index (χ3v) is 4.87. The lowest BCUT2D eigenvalue weighted by Crippen LogP contribution is -2.27. The van der Waals surface area contributed by atoms with Gasteiger partial charge in [0.1, 0.15) is 11.0 Å². The molecular weight excluding hydrogens is 209 g/mol. The molecular formula is C11H18NO2P. The Morgan fingerprint density at radius 1 is 1.80 bits per heavy atom. The summed E-state index contributed by atoms with van der Waals surface area (Å²) in [7, 11) is -1.22. The van der Waals surface area contributed by atoms with Crippen LogP contribution in [0.4, 0.5) is 0 Å². The fraction of sp³-hybridized carbons (Fsp3) is 0.636. The Labute approximate surface area is 92.0 Å². The molecule has 2 atom stereocenters. The minimum atomic E-state index is -1.22. The van der Waals surface area contributed by atoms with Crippen molar-refractivity contribution in [3.05, 3.63) is 12.7 Å². The summed E-state index contributed by atoms with van der Waals surface area (Å²) in [6.45, 7) is 5.95. The van der Waals surface area contributed by atoms with Crippen molar-refractivity contribution >= 4 is 19.0 Å². The first-order valence-electron chi connectivity index (χ1n) is 5.40. The Bertz CT molecular complexity index is 286. The number of hydrogen-bond donors (Lipinski definition) is 1. The Hall–Kier alpha value is -0.660. The van der Waals surface area contributed by atoms with E-state index in [0.29, 0.717) is 12.2 Å². The average Bonchev–Trinajstić information content (AvgIpc) is 2.58. The zero-order valence-corrected chi connectivity index (χ0v) is 10.1. The summed E-state index contributed by atoms with van der Waals surface area (Å²) >= 11 is 0. The molecule has 0 saturated carbocycles. The third-order valence-electron chi connectivity index (χ3n) is 2.68. The second-order valence-corrected chi connectivity index (χ2v) is 5.81. The van der Waals surface area contributed by atoms with Crippen LogP contribution in [-0.4, -0.2) is 23.4 Å². The molecule has 0 aromatic heterocycles. The second kappa shape index (κ2) is 6.04. The van der Waals surface area contributed by atoms with E-state index in [1.165, 1.54) is 6.08 Å². The Morgan fingerprint density at radius 2 is 2.53 bits per heavy atom. The summed E-state index contributed by atoms with van der Waals surface area (Å²) in [5.74, 6) is -0.190. The molecule has 15 heavy (non-hydrogen) atoms. The summed E-state index contributed by atoms with van der Waals surface area (Å²) in [4.78, 5) is 22.9. The van der Waals surface area contributed by atoms with E-state index in [4.69, 9.17) is 0 Å². The van der Waals surface area contributed by atoms with Crippen molar-refractivity contribution in [1.29, 1.82) is 0 Å². The molecule has 0 saturated heterocycles. The minimum Gasteiger partial charge on any atom is -0.630 e. The molecule has 0 aromatic rings. The van der Waals surface area contributed by atoms with Crippen LogP contribution in [0.1, 0.15) is 32.6 Å². The third kappa shape index (κ3) is 3.44. The van der Waals surface area contributed by atoms with Crippen molar-refractivity contribution in [2.45, 2.75) is 38.3 Å². The maximum atomic E-state index is 11.9. The van der Waals surface area contributed by atoms with Crippen LogP contribution < -0.4 is 10.2 Å². The van der Waals surface area contributed by atoms with Gasteiger partial charge in [0.2, 0.25) is 5.91 Å². The monoisotopic (exact) mass is 227 g/mol. The highest BCUT2D eigenvalue weighted by atomic mass is 31.1. The number of carbonyl (C=O) groups is 1. The van der Waals surface area contributed by atoms with E-state index in [0.717, 1.165) is 31.0 Å². The lowest BCUT2D eigenvalue weighted by atomic mass is 10.1. The van der Waals surface area contributed by atoms with E-state index in [9.17, 15) is 9.69 Å². The summed E-state index contributed by atoms with van der Waals surface area (Å²) in [5, 5.41) is 3.70. The summed E-state index contributed by atoms with van der Waals surface area (Å²) in [6, 6.07) is 0. The highest BCUT2D eigenvalue weighted by Crippen LogP contribution is 2.37. The molecule has 1 aliphatic heterocycles. The maximum absolute atomic E-state index is 11.9. The highest BCUT2D eigenvalue weighted by Gasteiger charge is 2.28. The summed E-state index contributed by atoms with van der Waals surface area (Å²) in [6.07, 6.45) is 5.28. The Balaban J connectivity index is 2.47. The molecule has 0 bridgehead atoms. The molecule has 0 aromatic carbocycles. The van der Waals surface area contributed by atoms with Crippen molar-refractivity contribution in [1.82, 2.24) is 5.32 Å². The first-order chi connectivity index (χ1) is 7.19. The van der Waals surface area contributed by atoms with Gasteiger partial charge in [0, 0.05) is 6.42 Å². The Morgan fingerprint density at radius 3 is 3.13 bits per heavy atom. The van der Waals surface area contributed by atoms with Gasteiger partial charge in [0.15, 0.2) is 0 Å². The molecule has 1 rings (SSSR count). The van der Waals surface area contributed by atoms with E-state index < -0.39 is 7.77 Å². The van der Waals surface area contributed by atoms with Crippen LogP contribution in [-0.2, 0) is 4.79 Å². The quantitative estimate of drug-likeness (QED) is 0.566. The highest BCUT2D eigenvalue weighted by molar-refractivity contribution is 7.53. The zero-order valence-electron chi connectivity index (χ0n) is 9.16. The first-order valence-corrected chi connectivity index (χ1v) is 6.73. The maximum Gasteiger partial charge on any atom is 0.243 e. The smallest absolute Gasteiger partial charge is 0.243 e. The normalized spacial score (nSPS) is 22.9. The fourth-order valence-electron chi connectivity index (χ4n) is 1.84. The molecule has 0 fully saturated rings. The molecule has 0 spiro atoms. The topological polar surface area (TPSA) is 52.2 Å². The number of rotatable bonds is 5. The van der Waals surface area contributed by atoms with Gasteiger partial charge in [-0.25, -0.2) is 0 Å². The lowest BCUT2D eigenvalue weighted by molar-refractivity contribution is -0.154. The molecule has 1 amide bonds. The van der Waals surface area contributed by atoms with E-state index in [1.54, 1.807) is 0 Å². The molecule has 0 aliphatic carbocycles. The molecule has 3 nitrogen and oxygen atoms in total. The van der Waals surface area contributed by atoms with E-state index in [-0.39, 0.29) is 5.91 Å². The summed E-state index contributed by atoms with van der Waals surface area (Å²) in [5.41, 5.74) is 0.348. The van der Waals surface area contributed by atoms with Gasteiger partial charge in [-0.3, -0.25) is 4.79 Å². The van der Waals surface area contributed by atoms with Crippen molar-refractivity contribution in [3.8, 4) is 0 Å². The average molecular weight is 227 g/mol. The van der Waals surface area contributed by atoms with Gasteiger partial charge in [-0.1, -0.05) is 19.9 Å². The molecule has 1 N–H and O–H groups in total. The minimum absolute atomic E-state index is 0.190. The molecule has 0 radical (unpaired) electrons. The predicted octanol–water partition coefficient (Wildman–Crippen LogP) is 1.18. The number of hydrogen-bond acceptors (Lipinski definition) is 2. The molecule has 1 aliphatic rings. The summed E-state index contributed by atoms with van der Waals surface area (Å²) < 4.78 is 0. The number of amides is 1. The van der Waals surface area contributed by atoms with E-state index in [1.807, 2.05) is 0 Å². The SMILES string of the molecule is C=CC(=O)NCC1=[P+]([O-])C(CCC)CC1. The molecule has 84 valence electrons. The van der Waals surface area contributed by atoms with Crippen LogP contribution in [0.2, 0.25) is 0 Å². The van der Waals surface area contributed by atoms with Crippen LogP contribution in [0, 0.1) is 0 Å². The lowest BCUT2D eigenvalue weighted by Gasteiger charge is -2.06. The van der Waals surface area contributed by atoms with Crippen LogP contribution >= 0.6 is 7.77 Å². The van der Waals surface area contributed by atoms with Crippen LogP contribution in [0.25, 0.3) is 0 Å². The van der Waals surface area contributed by atoms with Gasteiger partial charge >= 0.3 is 0 Å². The second-order valence-electron chi connectivity index (χ2n) is 3.80. The largest absolute Gasteiger partial charge is 0.630 e. The standard InChI is InChI=1S/C11H18NO2P/c1-3-5-9-6-7-10(15(9)14)8-12-11(13)4-2/h4,9H,2-3,5-8H2,1H3,(H,12,13). The molecule has 2 unspecified atom stereocenters. The molecule has 1 heterocycles. The number of nitrogens with one attached hydrogen (secondary N) is 1. The van der Waals surface area contributed by atoms with Gasteiger partial charge in [-0.15, -0.1) is 0 Å². The van der Waals surface area contributed by atoms with Gasteiger partial charge < -0.3 is 10.2 Å². The van der Waals surface area contributed by atoms with Gasteiger partial charge in [0.25, 0.3) is 0 Å². The fourth-order valence-corrected chi connectivity index (χ4v) is 3.80. The van der Waals surface area contributed by atoms with Crippen LogP contribution in [0.5, 0.6) is 0 Å². The van der Waals surface area contributed by atoms with E-state index >= 15 is 0 Å². The van der Waals surface area contributed by atoms with Crippen molar-refractivity contribution in [3.63, 3.8) is 0 Å². The van der Waals surface area contributed by atoms with Gasteiger partial charge in [0.05, 0.1) is 14.3 Å².